The third kappa shape index (κ3) is 4.68. The standard InChI is InChI=1S/C18H22N4O4S/c1-3-25-14-8-6-5-7-12(14)20-17(23)22-10-9-13-15(11-22)27-16(19-13)21-18(24)26-4-2/h5-8H,3-4,9-11H2,1-2H3,(H,20,23)(H,19,21,24). The first-order valence-corrected chi connectivity index (χ1v) is 9.62. The number of amides is 3. The van der Waals surface area contributed by atoms with Crippen molar-refractivity contribution in [3.05, 3.63) is 34.8 Å². The maximum Gasteiger partial charge on any atom is 0.413 e. The first-order valence-electron chi connectivity index (χ1n) is 8.80. The molecule has 0 unspecified atom stereocenters. The number of benzene rings is 1. The molecule has 2 heterocycles. The highest BCUT2D eigenvalue weighted by molar-refractivity contribution is 7.15. The van der Waals surface area contributed by atoms with E-state index in [1.54, 1.807) is 11.8 Å². The van der Waals surface area contributed by atoms with Gasteiger partial charge in [-0.05, 0) is 26.0 Å². The molecule has 3 amide bonds. The van der Waals surface area contributed by atoms with E-state index in [4.69, 9.17) is 9.47 Å². The van der Waals surface area contributed by atoms with Crippen molar-refractivity contribution in [2.45, 2.75) is 26.8 Å². The molecule has 9 heteroatoms. The molecule has 8 nitrogen and oxygen atoms in total. The van der Waals surface area contributed by atoms with E-state index in [2.05, 4.69) is 15.6 Å². The largest absolute Gasteiger partial charge is 0.492 e. The van der Waals surface area contributed by atoms with Crippen LogP contribution in [0.2, 0.25) is 0 Å². The molecule has 1 aliphatic rings. The summed E-state index contributed by atoms with van der Waals surface area (Å²) < 4.78 is 10.4. The number of carbonyl (C=O) groups is 2. The van der Waals surface area contributed by atoms with Crippen molar-refractivity contribution in [3.63, 3.8) is 0 Å². The summed E-state index contributed by atoms with van der Waals surface area (Å²) in [5, 5.41) is 6.01. The zero-order valence-corrected chi connectivity index (χ0v) is 16.1. The minimum atomic E-state index is -0.522. The third-order valence-corrected chi connectivity index (χ3v) is 4.93. The molecular formula is C18H22N4O4S. The van der Waals surface area contributed by atoms with Crippen LogP contribution < -0.4 is 15.4 Å². The summed E-state index contributed by atoms with van der Waals surface area (Å²) in [6, 6.07) is 7.16. The lowest BCUT2D eigenvalue weighted by Crippen LogP contribution is -2.38. The van der Waals surface area contributed by atoms with E-state index in [0.29, 0.717) is 49.3 Å². The summed E-state index contributed by atoms with van der Waals surface area (Å²) in [5.74, 6) is 0.643. The Balaban J connectivity index is 1.64. The Morgan fingerprint density at radius 3 is 2.81 bits per heavy atom. The molecule has 27 heavy (non-hydrogen) atoms. The first kappa shape index (κ1) is 19.0. The quantitative estimate of drug-likeness (QED) is 0.812. The van der Waals surface area contributed by atoms with Gasteiger partial charge in [0.1, 0.15) is 5.75 Å². The smallest absolute Gasteiger partial charge is 0.413 e. The second-order valence-corrected chi connectivity index (χ2v) is 6.85. The predicted octanol–water partition coefficient (Wildman–Crippen LogP) is 3.70. The normalized spacial score (nSPS) is 12.9. The number of para-hydroxylation sites is 2. The number of thiazole rings is 1. The Morgan fingerprint density at radius 1 is 1.22 bits per heavy atom. The number of carbonyl (C=O) groups excluding carboxylic acids is 2. The van der Waals surface area contributed by atoms with Crippen molar-refractivity contribution in [2.24, 2.45) is 0 Å². The Morgan fingerprint density at radius 2 is 2.04 bits per heavy atom. The van der Waals surface area contributed by atoms with Crippen molar-refractivity contribution in [1.29, 1.82) is 0 Å². The van der Waals surface area contributed by atoms with E-state index < -0.39 is 6.09 Å². The van der Waals surface area contributed by atoms with Crippen LogP contribution in [0.5, 0.6) is 5.75 Å². The summed E-state index contributed by atoms with van der Waals surface area (Å²) >= 11 is 1.36. The SMILES string of the molecule is CCOC(=O)Nc1nc2c(s1)CN(C(=O)Nc1ccccc1OCC)CC2. The Bertz CT molecular complexity index is 823. The molecule has 1 aromatic carbocycles. The molecule has 3 rings (SSSR count). The summed E-state index contributed by atoms with van der Waals surface area (Å²) in [6.45, 7) is 5.46. The van der Waals surface area contributed by atoms with Crippen LogP contribution in [0.1, 0.15) is 24.4 Å². The zero-order valence-electron chi connectivity index (χ0n) is 15.3. The summed E-state index contributed by atoms with van der Waals surface area (Å²) in [6.07, 6.45) is 0.113. The fraction of sp³-hybridized carbons (Fsp3) is 0.389. The van der Waals surface area contributed by atoms with Crippen LogP contribution in [0, 0.1) is 0 Å². The van der Waals surface area contributed by atoms with Crippen LogP contribution >= 0.6 is 11.3 Å². The summed E-state index contributed by atoms with van der Waals surface area (Å²) in [5.41, 5.74) is 1.55. The molecule has 144 valence electrons. The molecule has 1 aromatic heterocycles. The lowest BCUT2D eigenvalue weighted by atomic mass is 10.2. The minimum absolute atomic E-state index is 0.193. The van der Waals surface area contributed by atoms with Gasteiger partial charge in [0.05, 0.1) is 31.1 Å². The van der Waals surface area contributed by atoms with Crippen LogP contribution in [-0.4, -0.2) is 41.8 Å². The van der Waals surface area contributed by atoms with Gasteiger partial charge in [-0.1, -0.05) is 23.5 Å². The van der Waals surface area contributed by atoms with Crippen molar-refractivity contribution in [2.75, 3.05) is 30.4 Å². The van der Waals surface area contributed by atoms with Gasteiger partial charge in [0.2, 0.25) is 0 Å². The molecule has 0 fully saturated rings. The van der Waals surface area contributed by atoms with Gasteiger partial charge in [0.25, 0.3) is 0 Å². The molecule has 0 bridgehead atoms. The van der Waals surface area contributed by atoms with Gasteiger partial charge in [0.15, 0.2) is 5.13 Å². The molecule has 0 atom stereocenters. The highest BCUT2D eigenvalue weighted by atomic mass is 32.1. The molecule has 0 radical (unpaired) electrons. The van der Waals surface area contributed by atoms with Crippen molar-refractivity contribution < 1.29 is 19.1 Å². The van der Waals surface area contributed by atoms with E-state index in [9.17, 15) is 9.59 Å². The number of hydrogen-bond acceptors (Lipinski definition) is 6. The van der Waals surface area contributed by atoms with Gasteiger partial charge >= 0.3 is 12.1 Å². The first-order chi connectivity index (χ1) is 13.1. The molecule has 2 N–H and O–H groups in total. The molecular weight excluding hydrogens is 368 g/mol. The van der Waals surface area contributed by atoms with E-state index in [-0.39, 0.29) is 6.03 Å². The van der Waals surface area contributed by atoms with E-state index in [0.717, 1.165) is 10.6 Å². The number of nitrogens with zero attached hydrogens (tertiary/aromatic N) is 2. The van der Waals surface area contributed by atoms with Crippen LogP contribution in [-0.2, 0) is 17.7 Å². The van der Waals surface area contributed by atoms with Gasteiger partial charge in [0, 0.05) is 17.8 Å². The lowest BCUT2D eigenvalue weighted by molar-refractivity contribution is 0.168. The maximum atomic E-state index is 12.7. The van der Waals surface area contributed by atoms with Gasteiger partial charge in [-0.15, -0.1) is 0 Å². The van der Waals surface area contributed by atoms with Crippen LogP contribution in [0.15, 0.2) is 24.3 Å². The van der Waals surface area contributed by atoms with Gasteiger partial charge in [-0.3, -0.25) is 5.32 Å². The third-order valence-electron chi connectivity index (χ3n) is 3.93. The minimum Gasteiger partial charge on any atom is -0.492 e. The lowest BCUT2D eigenvalue weighted by Gasteiger charge is -2.26. The highest BCUT2D eigenvalue weighted by Gasteiger charge is 2.25. The number of urea groups is 1. The molecule has 0 aliphatic carbocycles. The van der Waals surface area contributed by atoms with Gasteiger partial charge < -0.3 is 19.7 Å². The molecule has 0 spiro atoms. The Labute approximate surface area is 161 Å². The average Bonchev–Trinajstić information content (AvgIpc) is 3.04. The zero-order chi connectivity index (χ0) is 19.2. The van der Waals surface area contributed by atoms with E-state index in [1.165, 1.54) is 11.3 Å². The summed E-state index contributed by atoms with van der Waals surface area (Å²) in [7, 11) is 0. The van der Waals surface area contributed by atoms with E-state index >= 15 is 0 Å². The summed E-state index contributed by atoms with van der Waals surface area (Å²) in [4.78, 5) is 31.3. The molecule has 2 aromatic rings. The highest BCUT2D eigenvalue weighted by Crippen LogP contribution is 2.29. The second-order valence-electron chi connectivity index (χ2n) is 5.77. The Hall–Kier alpha value is -2.81. The van der Waals surface area contributed by atoms with Crippen LogP contribution in [0.25, 0.3) is 0 Å². The number of rotatable bonds is 5. The van der Waals surface area contributed by atoms with Crippen LogP contribution in [0.4, 0.5) is 20.4 Å². The average molecular weight is 390 g/mol. The number of nitrogens with one attached hydrogen (secondary N) is 2. The number of hydrogen-bond donors (Lipinski definition) is 2. The maximum absolute atomic E-state index is 12.7. The topological polar surface area (TPSA) is 92.8 Å². The fourth-order valence-corrected chi connectivity index (χ4v) is 3.73. The van der Waals surface area contributed by atoms with Crippen molar-refractivity contribution in [3.8, 4) is 5.75 Å². The Kier molecular flexibility index (Phi) is 6.12. The van der Waals surface area contributed by atoms with Gasteiger partial charge in [-0.25, -0.2) is 14.6 Å². The van der Waals surface area contributed by atoms with Gasteiger partial charge in [-0.2, -0.15) is 0 Å². The van der Waals surface area contributed by atoms with Crippen LogP contribution in [0.3, 0.4) is 0 Å². The number of anilines is 2. The van der Waals surface area contributed by atoms with E-state index in [1.807, 2.05) is 31.2 Å². The predicted molar refractivity (Wildman–Crippen MR) is 104 cm³/mol. The molecule has 1 aliphatic heterocycles. The van der Waals surface area contributed by atoms with Crippen molar-refractivity contribution in [1.82, 2.24) is 9.88 Å². The fourth-order valence-electron chi connectivity index (χ4n) is 2.72. The second kappa shape index (κ2) is 8.72. The monoisotopic (exact) mass is 390 g/mol. The number of ether oxygens (including phenoxy) is 2. The number of aromatic nitrogens is 1. The number of fused-ring (bicyclic) bond motifs is 1. The molecule has 0 saturated carbocycles. The molecule has 0 saturated heterocycles. The van der Waals surface area contributed by atoms with Crippen molar-refractivity contribution >= 4 is 34.3 Å².